The lowest BCUT2D eigenvalue weighted by atomic mass is 9.92. The molecule has 0 saturated heterocycles. The van der Waals surface area contributed by atoms with Crippen LogP contribution in [0, 0.1) is 0 Å². The summed E-state index contributed by atoms with van der Waals surface area (Å²) in [5.74, 6) is 0. The first-order valence-electron chi connectivity index (χ1n) is 10.5. The number of fused-ring (bicyclic) bond motifs is 7. The van der Waals surface area contributed by atoms with Gasteiger partial charge in [-0.1, -0.05) is 97.1 Å². The molecule has 138 valence electrons. The fourth-order valence-corrected chi connectivity index (χ4v) is 5.24. The highest BCUT2D eigenvalue weighted by Gasteiger charge is 2.23. The molecule has 1 aliphatic carbocycles. The summed E-state index contributed by atoms with van der Waals surface area (Å²) in [4.78, 5) is 0. The topological polar surface area (TPSA) is 0 Å². The Morgan fingerprint density at radius 3 is 2.07 bits per heavy atom. The summed E-state index contributed by atoms with van der Waals surface area (Å²) in [5.41, 5.74) is 7.93. The van der Waals surface area contributed by atoms with E-state index >= 15 is 0 Å². The Labute approximate surface area is 175 Å². The number of hydrogen-bond donors (Lipinski definition) is 0. The summed E-state index contributed by atoms with van der Waals surface area (Å²) >= 11 is 0. The molecule has 0 saturated carbocycles. The van der Waals surface area contributed by atoms with E-state index in [-0.39, 0.29) is 0 Å². The van der Waals surface area contributed by atoms with Gasteiger partial charge in [0.05, 0.1) is 0 Å². The Bertz CT molecular complexity index is 1620. The third-order valence-corrected chi connectivity index (χ3v) is 6.57. The monoisotopic (exact) mass is 378 g/mol. The summed E-state index contributed by atoms with van der Waals surface area (Å²) in [6.07, 6.45) is 0. The Morgan fingerprint density at radius 2 is 1.13 bits per heavy atom. The summed E-state index contributed by atoms with van der Waals surface area (Å²) < 4.78 is 0. The SMILES string of the molecule is c1ccc(-c2ccc3c(c2)-c2cc4ccc5ccccc5c4c4cccc-3c24)cc1. The van der Waals surface area contributed by atoms with E-state index in [0.29, 0.717) is 0 Å². The highest BCUT2D eigenvalue weighted by molar-refractivity contribution is 6.28. The lowest BCUT2D eigenvalue weighted by molar-refractivity contribution is 1.62. The molecule has 0 atom stereocenters. The van der Waals surface area contributed by atoms with Crippen LogP contribution in [0.3, 0.4) is 0 Å². The molecular formula is C30H18. The molecule has 30 heavy (non-hydrogen) atoms. The van der Waals surface area contributed by atoms with Crippen molar-refractivity contribution in [1.82, 2.24) is 0 Å². The van der Waals surface area contributed by atoms with Crippen LogP contribution in [-0.2, 0) is 0 Å². The molecular weight excluding hydrogens is 360 g/mol. The molecule has 0 spiro atoms. The molecule has 0 nitrogen and oxygen atoms in total. The van der Waals surface area contributed by atoms with Crippen molar-refractivity contribution in [1.29, 1.82) is 0 Å². The van der Waals surface area contributed by atoms with Crippen molar-refractivity contribution in [3.63, 3.8) is 0 Å². The smallest absolute Gasteiger partial charge is 0.00197 e. The molecule has 1 aliphatic rings. The van der Waals surface area contributed by atoms with Crippen molar-refractivity contribution in [2.24, 2.45) is 0 Å². The van der Waals surface area contributed by atoms with E-state index in [1.54, 1.807) is 0 Å². The van der Waals surface area contributed by atoms with E-state index in [2.05, 4.69) is 109 Å². The molecule has 0 radical (unpaired) electrons. The average Bonchev–Trinajstić information content (AvgIpc) is 3.14. The van der Waals surface area contributed by atoms with Crippen LogP contribution in [0.2, 0.25) is 0 Å². The van der Waals surface area contributed by atoms with Gasteiger partial charge in [-0.2, -0.15) is 0 Å². The predicted octanol–water partition coefficient (Wildman–Crippen LogP) is 8.46. The van der Waals surface area contributed by atoms with Crippen LogP contribution in [0.5, 0.6) is 0 Å². The minimum atomic E-state index is 1.26. The van der Waals surface area contributed by atoms with Crippen LogP contribution in [0.1, 0.15) is 0 Å². The van der Waals surface area contributed by atoms with Gasteiger partial charge in [0.25, 0.3) is 0 Å². The molecule has 0 amide bonds. The quantitative estimate of drug-likeness (QED) is 0.251. The minimum Gasteiger partial charge on any atom is -0.0622 e. The van der Waals surface area contributed by atoms with Gasteiger partial charge in [-0.05, 0) is 77.8 Å². The second kappa shape index (κ2) is 5.81. The summed E-state index contributed by atoms with van der Waals surface area (Å²) in [6, 6.07) is 40.0. The first-order chi connectivity index (χ1) is 14.9. The zero-order valence-corrected chi connectivity index (χ0v) is 16.4. The van der Waals surface area contributed by atoms with Gasteiger partial charge in [0, 0.05) is 0 Å². The maximum Gasteiger partial charge on any atom is -0.00197 e. The van der Waals surface area contributed by atoms with Gasteiger partial charge in [0.2, 0.25) is 0 Å². The second-order valence-electron chi connectivity index (χ2n) is 8.16. The van der Waals surface area contributed by atoms with Crippen molar-refractivity contribution in [3.05, 3.63) is 109 Å². The largest absolute Gasteiger partial charge is 0.0622 e. The fraction of sp³-hybridized carbons (Fsp3) is 0. The third kappa shape index (κ3) is 2.06. The van der Waals surface area contributed by atoms with Gasteiger partial charge in [-0.3, -0.25) is 0 Å². The van der Waals surface area contributed by atoms with Crippen LogP contribution < -0.4 is 0 Å². The molecule has 0 heteroatoms. The summed E-state index contributed by atoms with van der Waals surface area (Å²) in [6.45, 7) is 0. The maximum atomic E-state index is 2.40. The van der Waals surface area contributed by atoms with Crippen molar-refractivity contribution < 1.29 is 0 Å². The van der Waals surface area contributed by atoms with Crippen LogP contribution in [-0.4, -0.2) is 0 Å². The zero-order valence-electron chi connectivity index (χ0n) is 16.4. The summed E-state index contributed by atoms with van der Waals surface area (Å²) in [5, 5.41) is 8.05. The van der Waals surface area contributed by atoms with Gasteiger partial charge in [0.1, 0.15) is 0 Å². The molecule has 0 heterocycles. The first kappa shape index (κ1) is 16.0. The standard InChI is InChI=1S/C30H18/c1-2-7-19(8-3-1)21-15-16-24-25-11-6-12-26-29-22(18-28(30(25)26)27(24)17-21)14-13-20-9-4-5-10-23(20)29/h1-18H. The Hall–Kier alpha value is -3.90. The van der Waals surface area contributed by atoms with Gasteiger partial charge in [-0.15, -0.1) is 0 Å². The molecule has 0 fully saturated rings. The Kier molecular flexibility index (Phi) is 3.09. The van der Waals surface area contributed by atoms with E-state index in [4.69, 9.17) is 0 Å². The molecule has 0 aliphatic heterocycles. The molecule has 6 aromatic rings. The lowest BCUT2D eigenvalue weighted by Gasteiger charge is -2.11. The number of hydrogen-bond acceptors (Lipinski definition) is 0. The average molecular weight is 378 g/mol. The van der Waals surface area contributed by atoms with Crippen LogP contribution in [0.4, 0.5) is 0 Å². The Morgan fingerprint density at radius 1 is 0.333 bits per heavy atom. The minimum absolute atomic E-state index is 1.26. The molecule has 0 bridgehead atoms. The highest BCUT2D eigenvalue weighted by Crippen LogP contribution is 2.51. The van der Waals surface area contributed by atoms with E-state index in [0.717, 1.165) is 0 Å². The van der Waals surface area contributed by atoms with Crippen molar-refractivity contribution in [2.45, 2.75) is 0 Å². The first-order valence-corrected chi connectivity index (χ1v) is 10.5. The van der Waals surface area contributed by atoms with Crippen LogP contribution in [0.15, 0.2) is 109 Å². The van der Waals surface area contributed by atoms with Gasteiger partial charge >= 0.3 is 0 Å². The maximum absolute atomic E-state index is 2.40. The normalized spacial score (nSPS) is 12.0. The van der Waals surface area contributed by atoms with Gasteiger partial charge in [-0.25, -0.2) is 0 Å². The molecule has 6 aromatic carbocycles. The van der Waals surface area contributed by atoms with Crippen LogP contribution in [0.25, 0.3) is 65.7 Å². The molecule has 0 unspecified atom stereocenters. The third-order valence-electron chi connectivity index (χ3n) is 6.57. The fourth-order valence-electron chi connectivity index (χ4n) is 5.24. The Balaban J connectivity index is 1.61. The van der Waals surface area contributed by atoms with Crippen molar-refractivity contribution >= 4 is 32.3 Å². The number of benzene rings is 6. The van der Waals surface area contributed by atoms with Crippen LogP contribution >= 0.6 is 0 Å². The lowest BCUT2D eigenvalue weighted by Crippen LogP contribution is -1.83. The molecule has 0 N–H and O–H groups in total. The highest BCUT2D eigenvalue weighted by atomic mass is 14.3. The van der Waals surface area contributed by atoms with Crippen molar-refractivity contribution in [2.75, 3.05) is 0 Å². The van der Waals surface area contributed by atoms with Gasteiger partial charge in [0.15, 0.2) is 0 Å². The number of rotatable bonds is 1. The molecule has 7 rings (SSSR count). The van der Waals surface area contributed by atoms with E-state index in [1.807, 2.05) is 0 Å². The van der Waals surface area contributed by atoms with E-state index in [9.17, 15) is 0 Å². The zero-order chi connectivity index (χ0) is 19.7. The second-order valence-corrected chi connectivity index (χ2v) is 8.16. The summed E-state index contributed by atoms with van der Waals surface area (Å²) in [7, 11) is 0. The van der Waals surface area contributed by atoms with Gasteiger partial charge < -0.3 is 0 Å². The predicted molar refractivity (Wildman–Crippen MR) is 129 cm³/mol. The van der Waals surface area contributed by atoms with E-state index < -0.39 is 0 Å². The molecule has 0 aromatic heterocycles. The van der Waals surface area contributed by atoms with E-state index in [1.165, 1.54) is 65.7 Å². The van der Waals surface area contributed by atoms with Crippen molar-refractivity contribution in [3.8, 4) is 33.4 Å².